The van der Waals surface area contributed by atoms with Crippen molar-refractivity contribution in [3.8, 4) is 0 Å². The van der Waals surface area contributed by atoms with Crippen molar-refractivity contribution < 1.29 is 0 Å². The molecule has 1 unspecified atom stereocenters. The first kappa shape index (κ1) is 11.3. The van der Waals surface area contributed by atoms with Crippen molar-refractivity contribution in [2.75, 3.05) is 5.88 Å². The number of rotatable bonds is 4. The molecule has 0 fully saturated rings. The Bertz CT molecular complexity index is 87.5. The highest BCUT2D eigenvalue weighted by Gasteiger charge is 2.13. The molecule has 0 aromatic rings. The van der Waals surface area contributed by atoms with Crippen molar-refractivity contribution in [3.63, 3.8) is 0 Å². The molecule has 0 heterocycles. The third-order valence-corrected chi connectivity index (χ3v) is 2.53. The van der Waals surface area contributed by atoms with Crippen LogP contribution in [0.2, 0.25) is 0 Å². The van der Waals surface area contributed by atoms with Gasteiger partial charge in [-0.15, -0.1) is 11.6 Å². The molecule has 0 spiro atoms. The quantitative estimate of drug-likeness (QED) is 0.567. The van der Waals surface area contributed by atoms with Crippen LogP contribution < -0.4 is 0 Å². The average Bonchev–Trinajstić information content (AvgIpc) is 1.88. The summed E-state index contributed by atoms with van der Waals surface area (Å²) in [6.45, 7) is 9.07. The highest BCUT2D eigenvalue weighted by Crippen LogP contribution is 2.25. The molecule has 0 radical (unpaired) electrons. The summed E-state index contributed by atoms with van der Waals surface area (Å²) in [5.74, 6) is 1.56. The molecular weight excluding hydrogens is 156 g/mol. The molecule has 0 rings (SSSR count). The predicted molar refractivity (Wildman–Crippen MR) is 53.2 cm³/mol. The van der Waals surface area contributed by atoms with Gasteiger partial charge in [0.1, 0.15) is 0 Å². The summed E-state index contributed by atoms with van der Waals surface area (Å²) < 4.78 is 0. The van der Waals surface area contributed by atoms with E-state index in [9.17, 15) is 0 Å². The first-order chi connectivity index (χ1) is 4.99. The van der Waals surface area contributed by atoms with Crippen molar-refractivity contribution in [3.05, 3.63) is 0 Å². The second kappa shape index (κ2) is 5.03. The minimum absolute atomic E-state index is 0.472. The van der Waals surface area contributed by atoms with E-state index in [1.807, 2.05) is 0 Å². The van der Waals surface area contributed by atoms with Gasteiger partial charge in [0.2, 0.25) is 0 Å². The SMILES string of the molecule is CCC(CCl)CCC(C)(C)C. The monoisotopic (exact) mass is 176 g/mol. The van der Waals surface area contributed by atoms with Crippen LogP contribution in [0, 0.1) is 11.3 Å². The topological polar surface area (TPSA) is 0 Å². The van der Waals surface area contributed by atoms with Crippen molar-refractivity contribution in [1.82, 2.24) is 0 Å². The lowest BCUT2D eigenvalue weighted by molar-refractivity contribution is 0.328. The Morgan fingerprint density at radius 2 is 1.82 bits per heavy atom. The van der Waals surface area contributed by atoms with Gasteiger partial charge < -0.3 is 0 Å². The van der Waals surface area contributed by atoms with Crippen LogP contribution in [0.4, 0.5) is 0 Å². The number of hydrogen-bond donors (Lipinski definition) is 0. The Labute approximate surface area is 76.3 Å². The fraction of sp³-hybridized carbons (Fsp3) is 1.00. The van der Waals surface area contributed by atoms with Crippen molar-refractivity contribution in [2.45, 2.75) is 47.0 Å². The van der Waals surface area contributed by atoms with Gasteiger partial charge in [-0.05, 0) is 24.2 Å². The summed E-state index contributed by atoms with van der Waals surface area (Å²) in [5.41, 5.74) is 0.472. The molecule has 0 bridgehead atoms. The minimum Gasteiger partial charge on any atom is -0.126 e. The predicted octanol–water partition coefficient (Wildman–Crippen LogP) is 4.08. The Morgan fingerprint density at radius 3 is 2.09 bits per heavy atom. The maximum Gasteiger partial charge on any atom is 0.0251 e. The summed E-state index contributed by atoms with van der Waals surface area (Å²) in [6, 6.07) is 0. The van der Waals surface area contributed by atoms with Crippen LogP contribution in [0.15, 0.2) is 0 Å². The third kappa shape index (κ3) is 6.68. The van der Waals surface area contributed by atoms with Crippen LogP contribution in [-0.2, 0) is 0 Å². The molecule has 0 N–H and O–H groups in total. The van der Waals surface area contributed by atoms with Gasteiger partial charge in [0.05, 0.1) is 0 Å². The van der Waals surface area contributed by atoms with E-state index < -0.39 is 0 Å². The van der Waals surface area contributed by atoms with Crippen LogP contribution in [0.25, 0.3) is 0 Å². The fourth-order valence-corrected chi connectivity index (χ4v) is 1.40. The molecule has 0 aliphatic rings. The van der Waals surface area contributed by atoms with Gasteiger partial charge >= 0.3 is 0 Å². The normalized spacial score (nSPS) is 15.0. The van der Waals surface area contributed by atoms with Gasteiger partial charge in [-0.1, -0.05) is 34.1 Å². The summed E-state index contributed by atoms with van der Waals surface area (Å²) in [7, 11) is 0. The second-order valence-electron chi connectivity index (χ2n) is 4.53. The van der Waals surface area contributed by atoms with Crippen molar-refractivity contribution in [1.29, 1.82) is 0 Å². The highest BCUT2D eigenvalue weighted by atomic mass is 35.5. The zero-order valence-electron chi connectivity index (χ0n) is 8.28. The standard InChI is InChI=1S/C10H21Cl/c1-5-9(8-11)6-7-10(2,3)4/h9H,5-8H2,1-4H3. The maximum atomic E-state index is 5.80. The molecule has 11 heavy (non-hydrogen) atoms. The van der Waals surface area contributed by atoms with E-state index in [1.54, 1.807) is 0 Å². The van der Waals surface area contributed by atoms with Crippen molar-refractivity contribution >= 4 is 11.6 Å². The molecule has 0 aliphatic heterocycles. The van der Waals surface area contributed by atoms with Crippen LogP contribution in [0.5, 0.6) is 0 Å². The van der Waals surface area contributed by atoms with E-state index in [1.165, 1.54) is 19.3 Å². The van der Waals surface area contributed by atoms with Gasteiger partial charge in [0.15, 0.2) is 0 Å². The summed E-state index contributed by atoms with van der Waals surface area (Å²) in [6.07, 6.45) is 3.79. The van der Waals surface area contributed by atoms with Crippen LogP contribution in [-0.4, -0.2) is 5.88 Å². The van der Waals surface area contributed by atoms with Gasteiger partial charge in [0, 0.05) is 5.88 Å². The lowest BCUT2D eigenvalue weighted by Crippen LogP contribution is -2.09. The molecule has 68 valence electrons. The van der Waals surface area contributed by atoms with E-state index in [0.717, 1.165) is 11.8 Å². The van der Waals surface area contributed by atoms with E-state index in [0.29, 0.717) is 5.41 Å². The first-order valence-corrected chi connectivity index (χ1v) is 5.09. The zero-order chi connectivity index (χ0) is 8.91. The van der Waals surface area contributed by atoms with Gasteiger partial charge in [-0.25, -0.2) is 0 Å². The van der Waals surface area contributed by atoms with Crippen LogP contribution in [0.3, 0.4) is 0 Å². The summed E-state index contributed by atoms with van der Waals surface area (Å²) >= 11 is 5.80. The maximum absolute atomic E-state index is 5.80. The van der Waals surface area contributed by atoms with Crippen molar-refractivity contribution in [2.24, 2.45) is 11.3 Å². The molecule has 0 nitrogen and oxygen atoms in total. The zero-order valence-corrected chi connectivity index (χ0v) is 9.04. The van der Waals surface area contributed by atoms with Gasteiger partial charge in [0.25, 0.3) is 0 Å². The fourth-order valence-electron chi connectivity index (χ4n) is 1.03. The number of hydrogen-bond acceptors (Lipinski definition) is 0. The summed E-state index contributed by atoms with van der Waals surface area (Å²) in [5, 5.41) is 0. The van der Waals surface area contributed by atoms with Crippen LogP contribution >= 0.6 is 11.6 Å². The molecule has 0 aliphatic carbocycles. The number of alkyl halides is 1. The second-order valence-corrected chi connectivity index (χ2v) is 4.84. The molecule has 0 aromatic carbocycles. The Kier molecular flexibility index (Phi) is 5.16. The molecule has 1 atom stereocenters. The largest absolute Gasteiger partial charge is 0.126 e. The lowest BCUT2D eigenvalue weighted by atomic mass is 9.86. The first-order valence-electron chi connectivity index (χ1n) is 4.55. The summed E-state index contributed by atoms with van der Waals surface area (Å²) in [4.78, 5) is 0. The Balaban J connectivity index is 3.51. The smallest absolute Gasteiger partial charge is 0.0251 e. The lowest BCUT2D eigenvalue weighted by Gasteiger charge is -2.20. The molecule has 0 saturated carbocycles. The van der Waals surface area contributed by atoms with Gasteiger partial charge in [-0.3, -0.25) is 0 Å². The Morgan fingerprint density at radius 1 is 1.27 bits per heavy atom. The highest BCUT2D eigenvalue weighted by molar-refractivity contribution is 6.18. The van der Waals surface area contributed by atoms with E-state index in [4.69, 9.17) is 11.6 Å². The third-order valence-electron chi connectivity index (χ3n) is 2.10. The molecule has 0 amide bonds. The van der Waals surface area contributed by atoms with E-state index in [2.05, 4.69) is 27.7 Å². The number of halogens is 1. The molecule has 0 aromatic heterocycles. The van der Waals surface area contributed by atoms with E-state index in [-0.39, 0.29) is 0 Å². The van der Waals surface area contributed by atoms with E-state index >= 15 is 0 Å². The molecule has 1 heteroatoms. The van der Waals surface area contributed by atoms with Gasteiger partial charge in [-0.2, -0.15) is 0 Å². The minimum atomic E-state index is 0.472. The average molecular weight is 177 g/mol. The Hall–Kier alpha value is 0.290. The van der Waals surface area contributed by atoms with Crippen LogP contribution in [0.1, 0.15) is 47.0 Å². The molecule has 0 saturated heterocycles. The molecular formula is C10H21Cl.